The Morgan fingerprint density at radius 2 is 2.10 bits per heavy atom. The standard InChI is InChI=1S/C31H28FN5O4/c32-25-14-20(16-33)5-8-22(25)18-41-30-24(2-1-12-34-30)21-6-3-19(4-7-21)15-28-35-26-9-10-27(31(38)39)36-29(26)37(28)17-23-11-13-40-23/h1-2,5-6,8-10,12,14,19,23H,3-4,7,11,13,15,17-18H2,(H,38,39). The summed E-state index contributed by atoms with van der Waals surface area (Å²) in [6.45, 7) is 1.35. The number of carboxylic acid groups (broad SMARTS) is 1. The molecular weight excluding hydrogens is 525 g/mol. The highest BCUT2D eigenvalue weighted by Crippen LogP contribution is 2.36. The monoisotopic (exact) mass is 553 g/mol. The second-order valence-electron chi connectivity index (χ2n) is 10.4. The number of benzene rings is 1. The summed E-state index contributed by atoms with van der Waals surface area (Å²) in [4.78, 5) is 25.2. The van der Waals surface area contributed by atoms with E-state index in [1.165, 1.54) is 12.1 Å². The first-order chi connectivity index (χ1) is 20.0. The van der Waals surface area contributed by atoms with E-state index in [2.05, 4.69) is 16.0 Å². The number of allylic oxidation sites excluding steroid dienone is 2. The molecule has 4 heterocycles. The number of aromatic carboxylic acids is 1. The lowest BCUT2D eigenvalue weighted by Gasteiger charge is -2.28. The number of nitrogens with zero attached hydrogens (tertiary/aromatic N) is 5. The van der Waals surface area contributed by atoms with Gasteiger partial charge < -0.3 is 19.1 Å². The number of nitriles is 1. The van der Waals surface area contributed by atoms with Crippen molar-refractivity contribution in [3.63, 3.8) is 0 Å². The second-order valence-corrected chi connectivity index (χ2v) is 10.4. The smallest absolute Gasteiger partial charge is 0.354 e. The zero-order valence-electron chi connectivity index (χ0n) is 22.3. The molecule has 0 radical (unpaired) electrons. The van der Waals surface area contributed by atoms with Gasteiger partial charge in [0.25, 0.3) is 0 Å². The molecule has 1 aromatic carbocycles. The van der Waals surface area contributed by atoms with E-state index >= 15 is 0 Å². The van der Waals surface area contributed by atoms with Crippen LogP contribution < -0.4 is 4.74 Å². The lowest BCUT2D eigenvalue weighted by Crippen LogP contribution is -2.32. The molecule has 1 aliphatic carbocycles. The molecule has 9 nitrogen and oxygen atoms in total. The fourth-order valence-electron chi connectivity index (χ4n) is 5.35. The van der Waals surface area contributed by atoms with Crippen molar-refractivity contribution in [2.45, 2.75) is 51.4 Å². The van der Waals surface area contributed by atoms with Crippen molar-refractivity contribution in [3.05, 3.63) is 88.8 Å². The minimum atomic E-state index is -1.06. The molecule has 0 amide bonds. The van der Waals surface area contributed by atoms with Gasteiger partial charge in [-0.2, -0.15) is 5.26 Å². The van der Waals surface area contributed by atoms with Crippen molar-refractivity contribution in [1.82, 2.24) is 19.5 Å². The molecule has 6 rings (SSSR count). The van der Waals surface area contributed by atoms with Gasteiger partial charge in [0.15, 0.2) is 11.3 Å². The van der Waals surface area contributed by atoms with Gasteiger partial charge in [-0.3, -0.25) is 0 Å². The van der Waals surface area contributed by atoms with Gasteiger partial charge in [0.1, 0.15) is 23.8 Å². The van der Waals surface area contributed by atoms with E-state index in [4.69, 9.17) is 19.7 Å². The first-order valence-electron chi connectivity index (χ1n) is 13.7. The van der Waals surface area contributed by atoms with Crippen LogP contribution in [0.15, 0.2) is 54.7 Å². The zero-order valence-corrected chi connectivity index (χ0v) is 22.3. The minimum absolute atomic E-state index is 0.00128. The zero-order chi connectivity index (χ0) is 28.3. The topological polar surface area (TPSA) is 123 Å². The summed E-state index contributed by atoms with van der Waals surface area (Å²) in [5, 5.41) is 18.4. The molecule has 1 N–H and O–H groups in total. The number of fused-ring (bicyclic) bond motifs is 1. The maximum atomic E-state index is 14.4. The number of carbonyl (C=O) groups is 1. The lowest BCUT2D eigenvalue weighted by atomic mass is 9.85. The van der Waals surface area contributed by atoms with Crippen LogP contribution in [0.1, 0.15) is 58.7 Å². The molecule has 41 heavy (non-hydrogen) atoms. The van der Waals surface area contributed by atoms with Gasteiger partial charge in [-0.25, -0.2) is 24.1 Å². The van der Waals surface area contributed by atoms with Gasteiger partial charge in [-0.1, -0.05) is 12.1 Å². The van der Waals surface area contributed by atoms with Gasteiger partial charge in [-0.15, -0.1) is 0 Å². The molecule has 2 aliphatic rings. The molecule has 0 bridgehead atoms. The SMILES string of the molecule is N#Cc1ccc(COc2ncccc2C2=CCC(Cc3nc4ccc(C(=O)O)nc4n3CC3CCO3)CC2)c(F)c1. The Kier molecular flexibility index (Phi) is 7.44. The second kappa shape index (κ2) is 11.5. The van der Waals surface area contributed by atoms with E-state index < -0.39 is 11.8 Å². The number of aromatic nitrogens is 4. The van der Waals surface area contributed by atoms with Crippen LogP contribution in [0.4, 0.5) is 4.39 Å². The molecule has 4 aromatic rings. The van der Waals surface area contributed by atoms with E-state index in [0.29, 0.717) is 35.1 Å². The van der Waals surface area contributed by atoms with Crippen molar-refractivity contribution in [3.8, 4) is 11.9 Å². The van der Waals surface area contributed by atoms with Crippen LogP contribution in [0.5, 0.6) is 5.88 Å². The predicted octanol–water partition coefficient (Wildman–Crippen LogP) is 5.33. The summed E-state index contributed by atoms with van der Waals surface area (Å²) in [6, 6.07) is 13.3. The van der Waals surface area contributed by atoms with Gasteiger partial charge in [0.05, 0.1) is 24.3 Å². The molecule has 1 fully saturated rings. The quantitative estimate of drug-likeness (QED) is 0.295. The number of hydrogen-bond donors (Lipinski definition) is 1. The van der Waals surface area contributed by atoms with Gasteiger partial charge in [0, 0.05) is 30.4 Å². The summed E-state index contributed by atoms with van der Waals surface area (Å²) in [5.74, 6) is 0.146. The summed E-state index contributed by atoms with van der Waals surface area (Å²) < 4.78 is 28.0. The first kappa shape index (κ1) is 26.6. The minimum Gasteiger partial charge on any atom is -0.477 e. The number of carboxylic acids is 1. The molecule has 1 saturated heterocycles. The molecule has 2 atom stereocenters. The molecule has 1 aliphatic heterocycles. The summed E-state index contributed by atoms with van der Waals surface area (Å²) >= 11 is 0. The number of hydrogen-bond acceptors (Lipinski definition) is 7. The van der Waals surface area contributed by atoms with Crippen molar-refractivity contribution in [2.24, 2.45) is 5.92 Å². The van der Waals surface area contributed by atoms with E-state index in [1.807, 2.05) is 22.8 Å². The Hall–Kier alpha value is -4.62. The number of rotatable bonds is 9. The molecule has 2 unspecified atom stereocenters. The van der Waals surface area contributed by atoms with Gasteiger partial charge in [0.2, 0.25) is 5.88 Å². The number of ether oxygens (including phenoxy) is 2. The maximum absolute atomic E-state index is 14.4. The first-order valence-corrected chi connectivity index (χ1v) is 13.7. The third kappa shape index (κ3) is 5.67. The highest BCUT2D eigenvalue weighted by molar-refractivity contribution is 5.88. The van der Waals surface area contributed by atoms with E-state index in [0.717, 1.165) is 55.7 Å². The van der Waals surface area contributed by atoms with Gasteiger partial charge in [-0.05, 0) is 73.6 Å². The Balaban J connectivity index is 1.18. The van der Waals surface area contributed by atoms with E-state index in [9.17, 15) is 14.3 Å². The maximum Gasteiger partial charge on any atom is 0.354 e. The fourth-order valence-corrected chi connectivity index (χ4v) is 5.35. The molecule has 0 saturated carbocycles. The third-order valence-electron chi connectivity index (χ3n) is 7.72. The Bertz CT molecular complexity index is 1690. The molecule has 10 heteroatoms. The van der Waals surface area contributed by atoms with Crippen LogP contribution in [-0.2, 0) is 24.3 Å². The van der Waals surface area contributed by atoms with E-state index in [1.54, 1.807) is 24.4 Å². The van der Waals surface area contributed by atoms with Crippen molar-refractivity contribution in [1.29, 1.82) is 5.26 Å². The Morgan fingerprint density at radius 1 is 1.22 bits per heavy atom. The summed E-state index contributed by atoms with van der Waals surface area (Å²) in [5.41, 5.74) is 3.92. The highest BCUT2D eigenvalue weighted by Gasteiger charge is 2.26. The van der Waals surface area contributed by atoms with Crippen molar-refractivity contribution >= 4 is 22.7 Å². The van der Waals surface area contributed by atoms with Gasteiger partial charge >= 0.3 is 5.97 Å². The average molecular weight is 554 g/mol. The molecular formula is C31H28FN5O4. The van der Waals surface area contributed by atoms with Crippen LogP contribution in [-0.4, -0.2) is 43.3 Å². The average Bonchev–Trinajstić information content (AvgIpc) is 3.30. The summed E-state index contributed by atoms with van der Waals surface area (Å²) in [6.07, 6.45) is 8.24. The van der Waals surface area contributed by atoms with Crippen LogP contribution in [0, 0.1) is 23.1 Å². The Morgan fingerprint density at radius 3 is 2.80 bits per heavy atom. The number of pyridine rings is 2. The Labute approximate surface area is 235 Å². The third-order valence-corrected chi connectivity index (χ3v) is 7.72. The number of halogens is 1. The van der Waals surface area contributed by atoms with Crippen LogP contribution in [0.3, 0.4) is 0 Å². The van der Waals surface area contributed by atoms with Crippen molar-refractivity contribution < 1.29 is 23.8 Å². The van der Waals surface area contributed by atoms with Crippen LogP contribution in [0.25, 0.3) is 16.7 Å². The fraction of sp³-hybridized carbons (Fsp3) is 0.323. The number of imidazole rings is 1. The lowest BCUT2D eigenvalue weighted by molar-refractivity contribution is -0.0591. The predicted molar refractivity (Wildman–Crippen MR) is 148 cm³/mol. The highest BCUT2D eigenvalue weighted by atomic mass is 19.1. The molecule has 3 aromatic heterocycles. The van der Waals surface area contributed by atoms with Crippen LogP contribution in [0.2, 0.25) is 0 Å². The molecule has 0 spiro atoms. The summed E-state index contributed by atoms with van der Waals surface area (Å²) in [7, 11) is 0. The van der Waals surface area contributed by atoms with E-state index in [-0.39, 0.29) is 24.0 Å². The van der Waals surface area contributed by atoms with Crippen molar-refractivity contribution in [2.75, 3.05) is 6.61 Å². The molecule has 208 valence electrons. The van der Waals surface area contributed by atoms with Crippen LogP contribution >= 0.6 is 0 Å². The normalized spacial score (nSPS) is 18.4. The largest absolute Gasteiger partial charge is 0.477 e.